The molecule has 0 aromatic rings. The Morgan fingerprint density at radius 2 is 1.94 bits per heavy atom. The highest BCUT2D eigenvalue weighted by atomic mass is 16.3. The SMILES string of the molecule is CC1CCC(O)(C2CCCCCN2)C(C)C1. The predicted octanol–water partition coefficient (Wildman–Crippen LogP) is 2.71. The van der Waals surface area contributed by atoms with Gasteiger partial charge in [0.05, 0.1) is 5.60 Å². The van der Waals surface area contributed by atoms with Gasteiger partial charge in [0.2, 0.25) is 0 Å². The molecule has 0 bridgehead atoms. The van der Waals surface area contributed by atoms with E-state index in [1.165, 1.54) is 32.1 Å². The second-order valence-electron chi connectivity index (χ2n) is 6.13. The first-order valence-electron chi connectivity index (χ1n) is 7.08. The Morgan fingerprint density at radius 1 is 1.12 bits per heavy atom. The van der Waals surface area contributed by atoms with Gasteiger partial charge >= 0.3 is 0 Å². The van der Waals surface area contributed by atoms with Gasteiger partial charge in [-0.1, -0.05) is 26.7 Å². The molecule has 4 atom stereocenters. The van der Waals surface area contributed by atoms with Crippen LogP contribution < -0.4 is 5.32 Å². The van der Waals surface area contributed by atoms with Gasteiger partial charge in [-0.2, -0.15) is 0 Å². The van der Waals surface area contributed by atoms with E-state index in [9.17, 15) is 5.11 Å². The summed E-state index contributed by atoms with van der Waals surface area (Å²) in [5, 5.41) is 14.5. The van der Waals surface area contributed by atoms with Crippen molar-refractivity contribution < 1.29 is 5.11 Å². The van der Waals surface area contributed by atoms with Crippen molar-refractivity contribution in [2.24, 2.45) is 11.8 Å². The molecule has 1 saturated heterocycles. The molecule has 0 aromatic heterocycles. The molecule has 2 N–H and O–H groups in total. The van der Waals surface area contributed by atoms with Crippen molar-refractivity contribution in [1.29, 1.82) is 0 Å². The Labute approximate surface area is 99.8 Å². The van der Waals surface area contributed by atoms with Crippen LogP contribution in [0.3, 0.4) is 0 Å². The lowest BCUT2D eigenvalue weighted by molar-refractivity contribution is -0.0819. The molecule has 1 aliphatic carbocycles. The first-order chi connectivity index (χ1) is 7.63. The Balaban J connectivity index is 2.04. The third kappa shape index (κ3) is 2.43. The van der Waals surface area contributed by atoms with Crippen molar-refractivity contribution in [2.75, 3.05) is 6.54 Å². The Kier molecular flexibility index (Phi) is 3.91. The number of nitrogens with one attached hydrogen (secondary N) is 1. The van der Waals surface area contributed by atoms with Gasteiger partial charge in [-0.25, -0.2) is 0 Å². The largest absolute Gasteiger partial charge is 0.388 e. The summed E-state index contributed by atoms with van der Waals surface area (Å²) < 4.78 is 0. The van der Waals surface area contributed by atoms with Crippen LogP contribution in [0.25, 0.3) is 0 Å². The third-order valence-corrected chi connectivity index (χ3v) is 4.81. The van der Waals surface area contributed by atoms with Crippen molar-refractivity contribution in [2.45, 2.75) is 70.4 Å². The third-order valence-electron chi connectivity index (χ3n) is 4.81. The highest BCUT2D eigenvalue weighted by Crippen LogP contribution is 2.40. The number of rotatable bonds is 1. The quantitative estimate of drug-likeness (QED) is 0.719. The zero-order chi connectivity index (χ0) is 11.6. The minimum Gasteiger partial charge on any atom is -0.388 e. The summed E-state index contributed by atoms with van der Waals surface area (Å²) in [6.45, 7) is 5.65. The van der Waals surface area contributed by atoms with Crippen LogP contribution in [0.4, 0.5) is 0 Å². The first-order valence-corrected chi connectivity index (χ1v) is 7.08. The summed E-state index contributed by atoms with van der Waals surface area (Å²) in [6, 6.07) is 0.345. The molecule has 94 valence electrons. The van der Waals surface area contributed by atoms with Gasteiger partial charge in [-0.15, -0.1) is 0 Å². The molecule has 0 amide bonds. The van der Waals surface area contributed by atoms with E-state index in [4.69, 9.17) is 0 Å². The summed E-state index contributed by atoms with van der Waals surface area (Å²) in [7, 11) is 0. The maximum Gasteiger partial charge on any atom is 0.0825 e. The zero-order valence-electron chi connectivity index (χ0n) is 10.8. The molecular weight excluding hydrogens is 198 g/mol. The lowest BCUT2D eigenvalue weighted by atomic mass is 9.68. The van der Waals surface area contributed by atoms with Crippen LogP contribution in [0.5, 0.6) is 0 Å². The Morgan fingerprint density at radius 3 is 2.69 bits per heavy atom. The molecule has 2 aliphatic rings. The highest BCUT2D eigenvalue weighted by molar-refractivity contribution is 4.99. The van der Waals surface area contributed by atoms with Gasteiger partial charge in [0, 0.05) is 6.04 Å². The van der Waals surface area contributed by atoms with Crippen molar-refractivity contribution in [1.82, 2.24) is 5.32 Å². The van der Waals surface area contributed by atoms with E-state index in [0.29, 0.717) is 12.0 Å². The molecule has 2 heteroatoms. The van der Waals surface area contributed by atoms with Crippen molar-refractivity contribution in [3.8, 4) is 0 Å². The summed E-state index contributed by atoms with van der Waals surface area (Å²) in [5.74, 6) is 1.24. The Hall–Kier alpha value is -0.0800. The van der Waals surface area contributed by atoms with E-state index in [2.05, 4.69) is 19.2 Å². The van der Waals surface area contributed by atoms with Crippen LogP contribution in [0.2, 0.25) is 0 Å². The first kappa shape index (κ1) is 12.4. The molecule has 1 heterocycles. The number of hydrogen-bond donors (Lipinski definition) is 2. The zero-order valence-corrected chi connectivity index (χ0v) is 10.8. The molecule has 1 aliphatic heterocycles. The van der Waals surface area contributed by atoms with Crippen LogP contribution >= 0.6 is 0 Å². The van der Waals surface area contributed by atoms with E-state index >= 15 is 0 Å². The van der Waals surface area contributed by atoms with Gasteiger partial charge in [0.25, 0.3) is 0 Å². The average molecular weight is 225 g/mol. The van der Waals surface area contributed by atoms with E-state index in [-0.39, 0.29) is 0 Å². The minimum atomic E-state index is -0.434. The summed E-state index contributed by atoms with van der Waals surface area (Å²) in [6.07, 6.45) is 8.42. The summed E-state index contributed by atoms with van der Waals surface area (Å²) in [5.41, 5.74) is -0.434. The van der Waals surface area contributed by atoms with E-state index in [0.717, 1.165) is 25.3 Å². The fourth-order valence-electron chi connectivity index (χ4n) is 3.62. The van der Waals surface area contributed by atoms with Crippen LogP contribution in [0.1, 0.15) is 58.8 Å². The summed E-state index contributed by atoms with van der Waals surface area (Å²) >= 11 is 0. The minimum absolute atomic E-state index is 0.345. The molecule has 0 aromatic carbocycles. The molecule has 1 saturated carbocycles. The van der Waals surface area contributed by atoms with E-state index in [1.54, 1.807) is 0 Å². The molecule has 0 spiro atoms. The molecule has 2 nitrogen and oxygen atoms in total. The van der Waals surface area contributed by atoms with Gasteiger partial charge in [-0.3, -0.25) is 0 Å². The fraction of sp³-hybridized carbons (Fsp3) is 1.00. The standard InChI is InChI=1S/C14H27NO/c1-11-7-8-14(16,12(2)10-11)13-6-4-3-5-9-15-13/h11-13,15-16H,3-10H2,1-2H3. The van der Waals surface area contributed by atoms with Crippen molar-refractivity contribution in [3.63, 3.8) is 0 Å². The van der Waals surface area contributed by atoms with Crippen LogP contribution in [-0.2, 0) is 0 Å². The second kappa shape index (κ2) is 5.05. The topological polar surface area (TPSA) is 32.3 Å². The van der Waals surface area contributed by atoms with Crippen LogP contribution in [-0.4, -0.2) is 23.3 Å². The second-order valence-corrected chi connectivity index (χ2v) is 6.13. The molecular formula is C14H27NO. The van der Waals surface area contributed by atoms with Gasteiger partial charge in [0.1, 0.15) is 0 Å². The van der Waals surface area contributed by atoms with Gasteiger partial charge in [-0.05, 0) is 50.5 Å². The molecule has 0 radical (unpaired) electrons. The van der Waals surface area contributed by atoms with Crippen LogP contribution in [0.15, 0.2) is 0 Å². The lowest BCUT2D eigenvalue weighted by Gasteiger charge is -2.46. The monoisotopic (exact) mass is 225 g/mol. The smallest absolute Gasteiger partial charge is 0.0825 e. The van der Waals surface area contributed by atoms with E-state index < -0.39 is 5.60 Å². The molecule has 4 unspecified atom stereocenters. The van der Waals surface area contributed by atoms with Gasteiger partial charge in [0.15, 0.2) is 0 Å². The normalized spacial score (nSPS) is 46.3. The van der Waals surface area contributed by atoms with Crippen molar-refractivity contribution >= 4 is 0 Å². The fourth-order valence-corrected chi connectivity index (χ4v) is 3.62. The highest BCUT2D eigenvalue weighted by Gasteiger charge is 2.44. The maximum atomic E-state index is 10.9. The predicted molar refractivity (Wildman–Crippen MR) is 67.4 cm³/mol. The van der Waals surface area contributed by atoms with Gasteiger partial charge < -0.3 is 10.4 Å². The van der Waals surface area contributed by atoms with Crippen molar-refractivity contribution in [3.05, 3.63) is 0 Å². The molecule has 2 rings (SSSR count). The number of aliphatic hydroxyl groups is 1. The number of hydrogen-bond acceptors (Lipinski definition) is 2. The Bertz CT molecular complexity index is 223. The van der Waals surface area contributed by atoms with Crippen LogP contribution in [0, 0.1) is 11.8 Å². The average Bonchev–Trinajstić information content (AvgIpc) is 2.53. The molecule has 2 fully saturated rings. The summed E-state index contributed by atoms with van der Waals surface area (Å²) in [4.78, 5) is 0. The maximum absolute atomic E-state index is 10.9. The van der Waals surface area contributed by atoms with E-state index in [1.807, 2.05) is 0 Å². The molecule has 16 heavy (non-hydrogen) atoms. The lowest BCUT2D eigenvalue weighted by Crippen LogP contribution is -2.56.